The average Bonchev–Trinajstić information content (AvgIpc) is 4.29. The summed E-state index contributed by atoms with van der Waals surface area (Å²) in [4.78, 5) is 73.7. The smallest absolute Gasteiger partial charge is 0.407 e. The second kappa shape index (κ2) is 19.9. The van der Waals surface area contributed by atoms with Gasteiger partial charge in [0.2, 0.25) is 18.0 Å². The molecular weight excluding hydrogens is 907 g/mol. The number of imidazole rings is 2. The number of rotatable bonds is 11. The Kier molecular flexibility index (Phi) is 13.0. The van der Waals surface area contributed by atoms with Crippen LogP contribution >= 0.6 is 0 Å². The molecular formula is C53H59N9O9. The number of nitrogens with one attached hydrogen (secondary N) is 4. The van der Waals surface area contributed by atoms with Gasteiger partial charge in [-0.1, -0.05) is 42.5 Å². The maximum absolute atomic E-state index is 14.2. The molecule has 18 heteroatoms. The lowest BCUT2D eigenvalue weighted by molar-refractivity contribution is -0.137. The second-order valence-electron chi connectivity index (χ2n) is 19.1. The Hall–Kier alpha value is -7.18. The molecule has 71 heavy (non-hydrogen) atoms. The molecule has 3 aromatic carbocycles. The highest BCUT2D eigenvalue weighted by atomic mass is 16.5. The van der Waals surface area contributed by atoms with Crippen molar-refractivity contribution in [2.45, 2.75) is 81.8 Å². The first-order valence-corrected chi connectivity index (χ1v) is 24.8. The third-order valence-electron chi connectivity index (χ3n) is 15.1. The SMILES string of the molecule is COC(=O)N[C@@H](C(=O)N1CCC[C@H]1c1ncc(-c2ccc3c(c2)O[C@@H](c2ccccc2)n2c-3cc3cc(-c4cnc([C@@H]5CCCN5C(=O)[C@H](NC(=O)OC)C5CCOCC5)[nH]4)ccc32)[nH]1)C1CCOCC1. The minimum Gasteiger partial charge on any atom is -0.465 e. The summed E-state index contributed by atoms with van der Waals surface area (Å²) >= 11 is 0. The first kappa shape index (κ1) is 46.2. The minimum atomic E-state index is -0.718. The number of aromatic nitrogens is 5. The van der Waals surface area contributed by atoms with Gasteiger partial charge in [-0.25, -0.2) is 19.6 Å². The molecule has 5 aliphatic heterocycles. The van der Waals surface area contributed by atoms with E-state index >= 15 is 0 Å². The highest BCUT2D eigenvalue weighted by molar-refractivity contribution is 5.93. The van der Waals surface area contributed by atoms with Crippen LogP contribution in [0.25, 0.3) is 44.7 Å². The van der Waals surface area contributed by atoms with E-state index in [1.54, 1.807) is 0 Å². The van der Waals surface area contributed by atoms with Crippen LogP contribution in [0.3, 0.4) is 0 Å². The fraction of sp³-hybridized carbons (Fsp3) is 0.434. The molecule has 0 aliphatic carbocycles. The number of benzene rings is 3. The van der Waals surface area contributed by atoms with Gasteiger partial charge in [0.15, 0.2) is 0 Å². The van der Waals surface area contributed by atoms with Gasteiger partial charge in [-0.2, -0.15) is 0 Å². The normalized spacial score (nSPS) is 21.2. The number of H-pyrrole nitrogens is 2. The van der Waals surface area contributed by atoms with Gasteiger partial charge in [-0.3, -0.25) is 9.59 Å². The molecule has 11 rings (SSSR count). The van der Waals surface area contributed by atoms with Crippen molar-refractivity contribution in [2.75, 3.05) is 53.7 Å². The first-order chi connectivity index (χ1) is 34.8. The number of hydrogen-bond donors (Lipinski definition) is 4. The predicted molar refractivity (Wildman–Crippen MR) is 261 cm³/mol. The van der Waals surface area contributed by atoms with E-state index in [4.69, 9.17) is 33.7 Å². The molecule has 8 heterocycles. The van der Waals surface area contributed by atoms with E-state index in [1.165, 1.54) is 14.2 Å². The van der Waals surface area contributed by atoms with E-state index in [2.05, 4.69) is 79.8 Å². The van der Waals surface area contributed by atoms with Gasteiger partial charge in [0.1, 0.15) is 29.5 Å². The van der Waals surface area contributed by atoms with Crippen LogP contribution < -0.4 is 15.4 Å². The number of methoxy groups -OCH3 is 2. The number of nitrogens with zero attached hydrogens (tertiary/aromatic N) is 5. The largest absolute Gasteiger partial charge is 0.465 e. The van der Waals surface area contributed by atoms with Crippen molar-refractivity contribution in [1.29, 1.82) is 0 Å². The lowest BCUT2D eigenvalue weighted by atomic mass is 9.90. The molecule has 6 aromatic rings. The van der Waals surface area contributed by atoms with Crippen molar-refractivity contribution in [3.05, 3.63) is 102 Å². The van der Waals surface area contributed by atoms with Crippen LogP contribution in [-0.4, -0.2) is 124 Å². The maximum Gasteiger partial charge on any atom is 0.407 e. The summed E-state index contributed by atoms with van der Waals surface area (Å²) < 4.78 is 30.2. The van der Waals surface area contributed by atoms with E-state index < -0.39 is 30.5 Å². The van der Waals surface area contributed by atoms with Gasteiger partial charge in [0.05, 0.1) is 61.3 Å². The molecule has 18 nitrogen and oxygen atoms in total. The van der Waals surface area contributed by atoms with Crippen molar-refractivity contribution in [3.63, 3.8) is 0 Å². The average molecular weight is 966 g/mol. The number of likely N-dealkylation sites (tertiary alicyclic amines) is 2. The molecule has 5 aliphatic rings. The highest BCUT2D eigenvalue weighted by Crippen LogP contribution is 2.46. The molecule has 3 aromatic heterocycles. The Morgan fingerprint density at radius 2 is 1.20 bits per heavy atom. The number of hydrogen-bond acceptors (Lipinski definition) is 11. The van der Waals surface area contributed by atoms with Gasteiger partial charge in [0.25, 0.3) is 0 Å². The summed E-state index contributed by atoms with van der Waals surface area (Å²) in [6, 6.07) is 23.0. The molecule has 0 unspecified atom stereocenters. The molecule has 4 saturated heterocycles. The minimum absolute atomic E-state index is 0.0519. The van der Waals surface area contributed by atoms with Gasteiger partial charge in [-0.05, 0) is 93.5 Å². The molecule has 370 valence electrons. The zero-order valence-corrected chi connectivity index (χ0v) is 39.9. The summed E-state index contributed by atoms with van der Waals surface area (Å²) in [5.74, 6) is 1.75. The standard InChI is InChI=1S/C53H59N9O9/c1-67-52(65)58-45(31-16-22-69-23-17-31)49(63)60-20-6-10-41(60)47-54-29-38(56-47)34-13-15-40-36(26-34)27-43-37-14-12-35(28-44(37)71-51(62(40)43)33-8-4-3-5-9-33)39-30-55-48(57-39)42-11-7-21-61(42)50(64)46(59-53(66)68-2)32-18-24-70-25-19-32/h3-5,8-9,12-15,26-32,41-42,45-46,51H,6-7,10-11,16-25H2,1-2H3,(H,54,56)(H,55,57)(H,58,65)(H,59,66)/t41-,42-,45+,46+,51-/m0/s1. The first-order valence-electron chi connectivity index (χ1n) is 24.8. The van der Waals surface area contributed by atoms with E-state index in [1.807, 2.05) is 40.4 Å². The molecule has 4 fully saturated rings. The molecule has 0 bridgehead atoms. The van der Waals surface area contributed by atoms with Gasteiger partial charge in [0, 0.05) is 67.2 Å². The van der Waals surface area contributed by atoms with E-state index in [-0.39, 0.29) is 35.7 Å². The highest BCUT2D eigenvalue weighted by Gasteiger charge is 2.42. The number of amides is 4. The summed E-state index contributed by atoms with van der Waals surface area (Å²) in [5.41, 5.74) is 7.43. The van der Waals surface area contributed by atoms with Crippen LogP contribution in [0.1, 0.15) is 86.9 Å². The van der Waals surface area contributed by atoms with Crippen molar-refractivity contribution in [3.8, 4) is 39.5 Å². The van der Waals surface area contributed by atoms with E-state index in [0.717, 1.165) is 81.7 Å². The van der Waals surface area contributed by atoms with Crippen molar-refractivity contribution >= 4 is 34.9 Å². The Morgan fingerprint density at radius 3 is 1.75 bits per heavy atom. The number of fused-ring (bicyclic) bond motifs is 5. The molecule has 0 spiro atoms. The zero-order valence-electron chi connectivity index (χ0n) is 39.9. The molecule has 4 amide bonds. The van der Waals surface area contributed by atoms with Crippen LogP contribution in [0, 0.1) is 11.8 Å². The van der Waals surface area contributed by atoms with Crippen molar-refractivity contribution in [2.24, 2.45) is 11.8 Å². The molecule has 0 radical (unpaired) electrons. The van der Waals surface area contributed by atoms with Gasteiger partial charge in [-0.15, -0.1) is 0 Å². The third-order valence-corrected chi connectivity index (χ3v) is 15.1. The lowest BCUT2D eigenvalue weighted by Gasteiger charge is -2.34. The number of aromatic amines is 2. The van der Waals surface area contributed by atoms with Crippen LogP contribution in [0.5, 0.6) is 5.75 Å². The summed E-state index contributed by atoms with van der Waals surface area (Å²) in [6.45, 7) is 3.31. The Labute approximate surface area is 410 Å². The van der Waals surface area contributed by atoms with Crippen LogP contribution in [0.15, 0.2) is 85.2 Å². The van der Waals surface area contributed by atoms with Gasteiger partial charge >= 0.3 is 12.2 Å². The fourth-order valence-corrected chi connectivity index (χ4v) is 11.4. The molecule has 5 atom stereocenters. The zero-order chi connectivity index (χ0) is 48.6. The van der Waals surface area contributed by atoms with Crippen molar-refractivity contribution in [1.82, 2.24) is 44.9 Å². The van der Waals surface area contributed by atoms with Gasteiger partial charge < -0.3 is 58.7 Å². The quantitative estimate of drug-likeness (QED) is 0.0992. The summed E-state index contributed by atoms with van der Waals surface area (Å²) in [6.07, 6.45) is 7.77. The predicted octanol–water partition coefficient (Wildman–Crippen LogP) is 7.66. The summed E-state index contributed by atoms with van der Waals surface area (Å²) in [5, 5.41) is 6.69. The number of ether oxygens (including phenoxy) is 5. The molecule has 4 N–H and O–H groups in total. The number of carbonyl (C=O) groups excluding carboxylic acids is 4. The molecule has 0 saturated carbocycles. The van der Waals surface area contributed by atoms with E-state index in [0.29, 0.717) is 76.8 Å². The third kappa shape index (κ3) is 8.98. The van der Waals surface area contributed by atoms with Crippen LogP contribution in [0.4, 0.5) is 9.59 Å². The van der Waals surface area contributed by atoms with Crippen LogP contribution in [-0.2, 0) is 28.5 Å². The van der Waals surface area contributed by atoms with Crippen LogP contribution in [0.2, 0.25) is 0 Å². The number of carbonyl (C=O) groups is 4. The number of alkyl carbamates (subject to hydrolysis) is 2. The Balaban J connectivity index is 0.862. The Bertz CT molecular complexity index is 2920. The topological polar surface area (TPSA) is 207 Å². The van der Waals surface area contributed by atoms with E-state index in [9.17, 15) is 19.2 Å². The lowest BCUT2D eigenvalue weighted by Crippen LogP contribution is -2.53. The maximum atomic E-state index is 14.2. The van der Waals surface area contributed by atoms with Crippen molar-refractivity contribution < 1.29 is 42.9 Å². The second-order valence-corrected chi connectivity index (χ2v) is 19.1. The Morgan fingerprint density at radius 1 is 0.662 bits per heavy atom. The fourth-order valence-electron chi connectivity index (χ4n) is 11.4. The summed E-state index contributed by atoms with van der Waals surface area (Å²) in [7, 11) is 2.62. The monoisotopic (exact) mass is 965 g/mol.